The Balaban J connectivity index is 0.000000177. The maximum Gasteiger partial charge on any atom is 0.264 e. The second-order valence-corrected chi connectivity index (χ2v) is 7.02. The number of hydrogen-bond donors (Lipinski definition) is 2. The van der Waals surface area contributed by atoms with Crippen molar-refractivity contribution in [1.29, 1.82) is 0 Å². The van der Waals surface area contributed by atoms with Gasteiger partial charge in [-0.1, -0.05) is 17.7 Å². The summed E-state index contributed by atoms with van der Waals surface area (Å²) >= 11 is 5.90. The van der Waals surface area contributed by atoms with Crippen molar-refractivity contribution in [2.24, 2.45) is 4.99 Å². The van der Waals surface area contributed by atoms with Gasteiger partial charge in [0.1, 0.15) is 11.4 Å². The first kappa shape index (κ1) is 18.5. The van der Waals surface area contributed by atoms with Crippen LogP contribution in [0.3, 0.4) is 0 Å². The summed E-state index contributed by atoms with van der Waals surface area (Å²) in [4.78, 5) is 25.1. The maximum absolute atomic E-state index is 13.8. The highest BCUT2D eigenvalue weighted by molar-refractivity contribution is 6.33. The minimum atomic E-state index is -0.687. The van der Waals surface area contributed by atoms with Crippen molar-refractivity contribution < 1.29 is 9.50 Å². The van der Waals surface area contributed by atoms with Crippen LogP contribution in [0.2, 0.25) is 5.02 Å². The molecule has 7 nitrogen and oxygen atoms in total. The SMILES string of the molecule is C1CN=C2CCCN2C1.O=c1[nH]c2nccn2c(O)c1-c1c(F)cccc1Cl. The van der Waals surface area contributed by atoms with Crippen molar-refractivity contribution in [1.82, 2.24) is 19.3 Å². The van der Waals surface area contributed by atoms with Gasteiger partial charge in [0.15, 0.2) is 0 Å². The molecule has 0 aliphatic carbocycles. The summed E-state index contributed by atoms with van der Waals surface area (Å²) in [5, 5.41) is 10.1. The number of rotatable bonds is 1. The van der Waals surface area contributed by atoms with Crippen LogP contribution in [0.25, 0.3) is 16.9 Å². The first-order valence-electron chi connectivity index (χ1n) is 9.07. The van der Waals surface area contributed by atoms with Crippen LogP contribution >= 0.6 is 11.6 Å². The third kappa shape index (κ3) is 3.35. The minimum Gasteiger partial charge on any atom is -0.494 e. The molecule has 0 amide bonds. The molecule has 146 valence electrons. The average molecular weight is 404 g/mol. The molecule has 2 N–H and O–H groups in total. The molecule has 0 spiro atoms. The fourth-order valence-corrected chi connectivity index (χ4v) is 3.78. The van der Waals surface area contributed by atoms with E-state index in [4.69, 9.17) is 11.6 Å². The average Bonchev–Trinajstić information content (AvgIpc) is 3.33. The summed E-state index contributed by atoms with van der Waals surface area (Å²) in [5.41, 5.74) is -1.03. The number of amidine groups is 1. The summed E-state index contributed by atoms with van der Waals surface area (Å²) in [6.07, 6.45) is 6.68. The molecule has 28 heavy (non-hydrogen) atoms. The van der Waals surface area contributed by atoms with Gasteiger partial charge < -0.3 is 10.0 Å². The number of aromatic hydroxyl groups is 1. The highest BCUT2D eigenvalue weighted by atomic mass is 35.5. The van der Waals surface area contributed by atoms with Gasteiger partial charge in [-0.3, -0.25) is 19.2 Å². The smallest absolute Gasteiger partial charge is 0.264 e. The zero-order valence-electron chi connectivity index (χ0n) is 15.0. The molecule has 2 aliphatic rings. The van der Waals surface area contributed by atoms with Crippen LogP contribution in [0.1, 0.15) is 19.3 Å². The molecular formula is C19H19ClFN5O2. The van der Waals surface area contributed by atoms with Crippen LogP contribution in [0.5, 0.6) is 5.88 Å². The van der Waals surface area contributed by atoms with Crippen molar-refractivity contribution in [2.45, 2.75) is 19.3 Å². The molecule has 2 aliphatic heterocycles. The predicted molar refractivity (Wildman–Crippen MR) is 106 cm³/mol. The number of aliphatic imine (C=N–C) groups is 1. The van der Waals surface area contributed by atoms with Gasteiger partial charge in [0, 0.05) is 44.0 Å². The van der Waals surface area contributed by atoms with E-state index in [1.165, 1.54) is 67.1 Å². The molecule has 0 atom stereocenters. The maximum atomic E-state index is 13.8. The lowest BCUT2D eigenvalue weighted by Crippen LogP contribution is -2.29. The van der Waals surface area contributed by atoms with E-state index in [0.29, 0.717) is 0 Å². The van der Waals surface area contributed by atoms with E-state index in [1.54, 1.807) is 0 Å². The van der Waals surface area contributed by atoms with E-state index in [9.17, 15) is 14.3 Å². The predicted octanol–water partition coefficient (Wildman–Crippen LogP) is 3.07. The lowest BCUT2D eigenvalue weighted by Gasteiger charge is -2.21. The topological polar surface area (TPSA) is 86.0 Å². The third-order valence-corrected chi connectivity index (χ3v) is 5.15. The first-order valence-corrected chi connectivity index (χ1v) is 9.45. The lowest BCUT2D eigenvalue weighted by molar-refractivity contribution is 0.427. The van der Waals surface area contributed by atoms with Crippen LogP contribution in [0, 0.1) is 5.82 Å². The van der Waals surface area contributed by atoms with Gasteiger partial charge >= 0.3 is 0 Å². The van der Waals surface area contributed by atoms with Crippen LogP contribution in [0.15, 0.2) is 40.4 Å². The number of aromatic nitrogens is 3. The Hall–Kier alpha value is -2.87. The Bertz CT molecular complexity index is 1090. The molecule has 0 saturated carbocycles. The largest absolute Gasteiger partial charge is 0.494 e. The molecule has 3 aromatic rings. The highest BCUT2D eigenvalue weighted by Gasteiger charge is 2.20. The van der Waals surface area contributed by atoms with Crippen molar-refractivity contribution in [2.75, 3.05) is 19.6 Å². The second kappa shape index (κ2) is 7.63. The standard InChI is InChI=1S/C12H7ClFN3O2.C7H12N2/c13-6-2-1-3-7(14)8(6)9-10(18)16-12-15-4-5-17(12)11(9)19;1-3-7-8-4-2-6-9(7)5-1/h1-5,19H,(H,15,16,18);1-6H2. The zero-order valence-corrected chi connectivity index (χ0v) is 15.8. The molecule has 4 heterocycles. The lowest BCUT2D eigenvalue weighted by atomic mass is 10.1. The minimum absolute atomic E-state index is 0.0419. The quantitative estimate of drug-likeness (QED) is 0.653. The Morgan fingerprint density at radius 2 is 2.04 bits per heavy atom. The van der Waals surface area contributed by atoms with E-state index in [0.717, 1.165) is 12.6 Å². The monoisotopic (exact) mass is 403 g/mol. The molecular weight excluding hydrogens is 385 g/mol. The van der Waals surface area contributed by atoms with Gasteiger partial charge in [-0.25, -0.2) is 9.37 Å². The molecule has 0 radical (unpaired) electrons. The zero-order chi connectivity index (χ0) is 19.7. The number of imidazole rings is 1. The van der Waals surface area contributed by atoms with E-state index < -0.39 is 17.3 Å². The van der Waals surface area contributed by atoms with Gasteiger partial charge in [-0.2, -0.15) is 0 Å². The summed E-state index contributed by atoms with van der Waals surface area (Å²) in [5.74, 6) is 0.441. The summed E-state index contributed by atoms with van der Waals surface area (Å²) in [6.45, 7) is 3.60. The molecule has 0 unspecified atom stereocenters. The van der Waals surface area contributed by atoms with Crippen LogP contribution in [-0.4, -0.2) is 49.8 Å². The Kier molecular flexibility index (Phi) is 5.04. The van der Waals surface area contributed by atoms with Crippen LogP contribution in [0.4, 0.5) is 4.39 Å². The van der Waals surface area contributed by atoms with E-state index in [1.807, 2.05) is 0 Å². The van der Waals surface area contributed by atoms with E-state index >= 15 is 0 Å². The number of hydrogen-bond acceptors (Lipinski definition) is 5. The van der Waals surface area contributed by atoms with Crippen molar-refractivity contribution in [3.8, 4) is 17.0 Å². The fourth-order valence-electron chi connectivity index (χ4n) is 3.52. The Morgan fingerprint density at radius 1 is 1.21 bits per heavy atom. The first-order chi connectivity index (χ1) is 13.6. The summed E-state index contributed by atoms with van der Waals surface area (Å²) < 4.78 is 15.1. The molecule has 1 aromatic carbocycles. The second-order valence-electron chi connectivity index (χ2n) is 6.61. The van der Waals surface area contributed by atoms with Crippen molar-refractivity contribution in [3.05, 3.63) is 51.8 Å². The number of benzene rings is 1. The molecule has 2 aromatic heterocycles. The number of fused-ring (bicyclic) bond motifs is 2. The third-order valence-electron chi connectivity index (χ3n) is 4.83. The van der Waals surface area contributed by atoms with Crippen LogP contribution in [-0.2, 0) is 0 Å². The molecule has 1 saturated heterocycles. The highest BCUT2D eigenvalue weighted by Crippen LogP contribution is 2.33. The summed E-state index contributed by atoms with van der Waals surface area (Å²) in [7, 11) is 0. The van der Waals surface area contributed by atoms with E-state index in [-0.39, 0.29) is 21.9 Å². The number of nitrogens with zero attached hydrogens (tertiary/aromatic N) is 4. The van der Waals surface area contributed by atoms with E-state index in [2.05, 4.69) is 19.9 Å². The van der Waals surface area contributed by atoms with Crippen LogP contribution < -0.4 is 5.56 Å². The molecule has 9 heteroatoms. The Labute approximate surface area is 165 Å². The van der Waals surface area contributed by atoms with Gasteiger partial charge in [0.05, 0.1) is 10.9 Å². The molecule has 0 bridgehead atoms. The molecule has 1 fully saturated rings. The number of aromatic amines is 1. The normalized spacial score (nSPS) is 15.8. The van der Waals surface area contributed by atoms with Gasteiger partial charge in [-0.15, -0.1) is 0 Å². The number of H-pyrrole nitrogens is 1. The molecule has 5 rings (SSSR count). The van der Waals surface area contributed by atoms with Gasteiger partial charge in [0.25, 0.3) is 5.56 Å². The van der Waals surface area contributed by atoms with Gasteiger partial charge in [-0.05, 0) is 25.0 Å². The van der Waals surface area contributed by atoms with Crippen molar-refractivity contribution in [3.63, 3.8) is 0 Å². The summed E-state index contributed by atoms with van der Waals surface area (Å²) in [6, 6.07) is 4.03. The van der Waals surface area contributed by atoms with Gasteiger partial charge in [0.2, 0.25) is 11.7 Å². The fraction of sp³-hybridized carbons (Fsp3) is 0.316. The number of halogens is 2. The number of nitrogens with one attached hydrogen (secondary N) is 1. The Morgan fingerprint density at radius 3 is 2.82 bits per heavy atom. The van der Waals surface area contributed by atoms with Crippen molar-refractivity contribution >= 4 is 23.2 Å².